The lowest BCUT2D eigenvalue weighted by molar-refractivity contribution is -0.128. The molecule has 0 amide bonds. The van der Waals surface area contributed by atoms with E-state index in [1.54, 1.807) is 21.3 Å². The van der Waals surface area contributed by atoms with E-state index >= 15 is 0 Å². The topological polar surface area (TPSA) is 58.5 Å². The van der Waals surface area contributed by atoms with E-state index in [9.17, 15) is 0 Å². The van der Waals surface area contributed by atoms with Crippen molar-refractivity contribution in [2.75, 3.05) is 47.7 Å². The molecule has 0 fully saturated rings. The standard InChI is InChI=1S/C17H27NO5/c1-6-22-17(23-7-2)11-18-14(12-19-3)13-8-9-15(20-4)16(10-13)21-5/h8-10,17H,6-7,11-12H2,1-5H3/b18-14+. The number of aliphatic imine (C=N–C) groups is 1. The number of methoxy groups -OCH3 is 3. The van der Waals surface area contributed by atoms with Crippen molar-refractivity contribution in [2.24, 2.45) is 4.99 Å². The van der Waals surface area contributed by atoms with E-state index in [0.717, 1.165) is 11.3 Å². The Morgan fingerprint density at radius 2 is 1.65 bits per heavy atom. The van der Waals surface area contributed by atoms with Gasteiger partial charge < -0.3 is 23.7 Å². The van der Waals surface area contributed by atoms with Gasteiger partial charge in [-0.25, -0.2) is 0 Å². The Bertz CT molecular complexity index is 484. The molecule has 6 nitrogen and oxygen atoms in total. The van der Waals surface area contributed by atoms with E-state index in [2.05, 4.69) is 4.99 Å². The van der Waals surface area contributed by atoms with Gasteiger partial charge in [0.2, 0.25) is 0 Å². The summed E-state index contributed by atoms with van der Waals surface area (Å²) in [5.74, 6) is 1.33. The predicted octanol–water partition coefficient (Wildman–Crippen LogP) is 2.54. The van der Waals surface area contributed by atoms with E-state index in [0.29, 0.717) is 37.9 Å². The molecule has 0 aliphatic heterocycles. The van der Waals surface area contributed by atoms with Crippen LogP contribution in [0.4, 0.5) is 0 Å². The highest BCUT2D eigenvalue weighted by molar-refractivity contribution is 6.02. The molecular formula is C17H27NO5. The first kappa shape index (κ1) is 19.4. The van der Waals surface area contributed by atoms with Crippen LogP contribution in [0, 0.1) is 0 Å². The third-order valence-electron chi connectivity index (χ3n) is 3.13. The van der Waals surface area contributed by atoms with Gasteiger partial charge >= 0.3 is 0 Å². The molecule has 1 aromatic rings. The van der Waals surface area contributed by atoms with E-state index in [4.69, 9.17) is 23.7 Å². The minimum absolute atomic E-state index is 0.350. The molecule has 1 aromatic carbocycles. The Labute approximate surface area is 138 Å². The number of ether oxygens (including phenoxy) is 5. The molecule has 0 N–H and O–H groups in total. The lowest BCUT2D eigenvalue weighted by atomic mass is 10.1. The van der Waals surface area contributed by atoms with Crippen molar-refractivity contribution in [1.29, 1.82) is 0 Å². The highest BCUT2D eigenvalue weighted by Crippen LogP contribution is 2.27. The van der Waals surface area contributed by atoms with Gasteiger partial charge in [-0.2, -0.15) is 0 Å². The molecule has 0 spiro atoms. The van der Waals surface area contributed by atoms with E-state index < -0.39 is 0 Å². The average Bonchev–Trinajstić information content (AvgIpc) is 2.58. The molecule has 0 heterocycles. The van der Waals surface area contributed by atoms with Gasteiger partial charge in [0.15, 0.2) is 17.8 Å². The Kier molecular flexibility index (Phi) is 9.28. The van der Waals surface area contributed by atoms with Crippen LogP contribution in [0.5, 0.6) is 11.5 Å². The molecule has 0 bridgehead atoms. The monoisotopic (exact) mass is 325 g/mol. The summed E-state index contributed by atoms with van der Waals surface area (Å²) in [6.45, 7) is 5.82. The van der Waals surface area contributed by atoms with Gasteiger partial charge in [0.05, 0.1) is 33.1 Å². The highest BCUT2D eigenvalue weighted by Gasteiger charge is 2.12. The number of hydrogen-bond acceptors (Lipinski definition) is 6. The Balaban J connectivity index is 2.98. The van der Waals surface area contributed by atoms with Crippen LogP contribution in [-0.4, -0.2) is 59.7 Å². The van der Waals surface area contributed by atoms with Crippen molar-refractivity contribution >= 4 is 5.71 Å². The van der Waals surface area contributed by atoms with Crippen LogP contribution in [-0.2, 0) is 14.2 Å². The van der Waals surface area contributed by atoms with Gasteiger partial charge in [-0.15, -0.1) is 0 Å². The fourth-order valence-electron chi connectivity index (χ4n) is 2.08. The van der Waals surface area contributed by atoms with Crippen molar-refractivity contribution in [3.05, 3.63) is 23.8 Å². The molecule has 0 aliphatic carbocycles. The largest absolute Gasteiger partial charge is 0.493 e. The maximum Gasteiger partial charge on any atom is 0.176 e. The van der Waals surface area contributed by atoms with Crippen molar-refractivity contribution in [3.8, 4) is 11.5 Å². The van der Waals surface area contributed by atoms with Gasteiger partial charge in [0, 0.05) is 25.9 Å². The predicted molar refractivity (Wildman–Crippen MR) is 89.9 cm³/mol. The third kappa shape index (κ3) is 6.17. The van der Waals surface area contributed by atoms with E-state index in [1.165, 1.54) is 0 Å². The van der Waals surface area contributed by atoms with Crippen LogP contribution < -0.4 is 9.47 Å². The minimum Gasteiger partial charge on any atom is -0.493 e. The first-order valence-corrected chi connectivity index (χ1v) is 7.67. The van der Waals surface area contributed by atoms with Crippen molar-refractivity contribution in [1.82, 2.24) is 0 Å². The maximum atomic E-state index is 5.51. The molecule has 0 radical (unpaired) electrons. The molecule has 23 heavy (non-hydrogen) atoms. The molecule has 1 rings (SSSR count). The average molecular weight is 325 g/mol. The molecule has 0 saturated carbocycles. The van der Waals surface area contributed by atoms with Crippen LogP contribution in [0.3, 0.4) is 0 Å². The summed E-state index contributed by atoms with van der Waals surface area (Å²) >= 11 is 0. The summed E-state index contributed by atoms with van der Waals surface area (Å²) in [5, 5.41) is 0. The van der Waals surface area contributed by atoms with Gasteiger partial charge in [0.25, 0.3) is 0 Å². The summed E-state index contributed by atoms with van der Waals surface area (Å²) in [7, 11) is 4.85. The third-order valence-corrected chi connectivity index (χ3v) is 3.13. The fraction of sp³-hybridized carbons (Fsp3) is 0.588. The summed E-state index contributed by atoms with van der Waals surface area (Å²) < 4.78 is 26.9. The van der Waals surface area contributed by atoms with Crippen molar-refractivity contribution < 1.29 is 23.7 Å². The van der Waals surface area contributed by atoms with Gasteiger partial charge in [-0.05, 0) is 32.0 Å². The molecule has 0 aliphatic rings. The second-order valence-electron chi connectivity index (χ2n) is 4.63. The summed E-state index contributed by atoms with van der Waals surface area (Å²) in [4.78, 5) is 4.60. The molecule has 0 unspecified atom stereocenters. The second kappa shape index (κ2) is 11.0. The summed E-state index contributed by atoms with van der Waals surface area (Å²) in [5.41, 5.74) is 1.72. The minimum atomic E-state index is -0.350. The van der Waals surface area contributed by atoms with Crippen LogP contribution in [0.25, 0.3) is 0 Å². The quantitative estimate of drug-likeness (QED) is 0.462. The molecule has 0 aromatic heterocycles. The Morgan fingerprint density at radius 1 is 1.00 bits per heavy atom. The van der Waals surface area contributed by atoms with Crippen LogP contribution in [0.15, 0.2) is 23.2 Å². The summed E-state index contributed by atoms with van der Waals surface area (Å²) in [6, 6.07) is 5.66. The van der Waals surface area contributed by atoms with Gasteiger partial charge in [0.1, 0.15) is 0 Å². The number of benzene rings is 1. The lowest BCUT2D eigenvalue weighted by Gasteiger charge is -2.16. The van der Waals surface area contributed by atoms with E-state index in [1.807, 2.05) is 32.0 Å². The molecule has 6 heteroatoms. The first-order chi connectivity index (χ1) is 11.2. The number of rotatable bonds is 11. The fourth-order valence-corrected chi connectivity index (χ4v) is 2.08. The molecule has 0 saturated heterocycles. The highest BCUT2D eigenvalue weighted by atomic mass is 16.7. The number of hydrogen-bond donors (Lipinski definition) is 0. The molecule has 130 valence electrons. The van der Waals surface area contributed by atoms with Gasteiger partial charge in [-0.1, -0.05) is 0 Å². The second-order valence-corrected chi connectivity index (χ2v) is 4.63. The summed E-state index contributed by atoms with van der Waals surface area (Å²) in [6.07, 6.45) is -0.350. The Hall–Kier alpha value is -1.63. The first-order valence-electron chi connectivity index (χ1n) is 7.67. The van der Waals surface area contributed by atoms with Crippen LogP contribution in [0.2, 0.25) is 0 Å². The van der Waals surface area contributed by atoms with Gasteiger partial charge in [-0.3, -0.25) is 4.99 Å². The van der Waals surface area contributed by atoms with Crippen molar-refractivity contribution in [3.63, 3.8) is 0 Å². The zero-order valence-electron chi connectivity index (χ0n) is 14.6. The smallest absolute Gasteiger partial charge is 0.176 e. The van der Waals surface area contributed by atoms with Crippen molar-refractivity contribution in [2.45, 2.75) is 20.1 Å². The van der Waals surface area contributed by atoms with Crippen LogP contribution in [0.1, 0.15) is 19.4 Å². The zero-order chi connectivity index (χ0) is 17.1. The molecule has 0 atom stereocenters. The number of nitrogens with zero attached hydrogens (tertiary/aromatic N) is 1. The zero-order valence-corrected chi connectivity index (χ0v) is 14.6. The van der Waals surface area contributed by atoms with E-state index in [-0.39, 0.29) is 6.29 Å². The molecular weight excluding hydrogens is 298 g/mol. The maximum absolute atomic E-state index is 5.51. The SMILES string of the molecule is CCOC(C/N=C(\COC)c1ccc(OC)c(OC)c1)OCC. The Morgan fingerprint density at radius 3 is 2.17 bits per heavy atom. The lowest BCUT2D eigenvalue weighted by Crippen LogP contribution is -2.22. The normalized spacial score (nSPS) is 11.8. The van der Waals surface area contributed by atoms with Crippen LogP contribution >= 0.6 is 0 Å².